The average Bonchev–Trinajstić information content (AvgIpc) is 1.84. The Balaban J connectivity index is 3.49. The van der Waals surface area contributed by atoms with Gasteiger partial charge in [0.25, 0.3) is 0 Å². The Hall–Kier alpha value is -0.300. The predicted octanol–water partition coefficient (Wildman–Crippen LogP) is 2.25. The molecule has 0 amide bonds. The summed E-state index contributed by atoms with van der Waals surface area (Å²) in [5.41, 5.74) is 0. The van der Waals surface area contributed by atoms with E-state index in [0.29, 0.717) is 23.9 Å². The minimum absolute atomic E-state index is 0.334. The second-order valence-corrected chi connectivity index (χ2v) is 2.69. The molecule has 0 aliphatic heterocycles. The van der Waals surface area contributed by atoms with Crippen molar-refractivity contribution in [2.24, 2.45) is 0 Å². The number of thioether (sulfide) groups is 1. The largest absolute Gasteiger partial charge is 0.380 e. The SMILES string of the molecule is CCCSC(F)(F)C#N. The summed E-state index contributed by atoms with van der Waals surface area (Å²) in [6.07, 6.45) is 0.669. The average molecular weight is 151 g/mol. The number of nitrogens with zero attached hydrogens (tertiary/aromatic N) is 1. The molecule has 0 aromatic rings. The zero-order chi connectivity index (χ0) is 7.33. The van der Waals surface area contributed by atoms with Gasteiger partial charge in [-0.05, 0) is 12.2 Å². The Kier molecular flexibility index (Phi) is 3.55. The molecule has 0 heterocycles. The highest BCUT2D eigenvalue weighted by molar-refractivity contribution is 8.00. The Morgan fingerprint density at radius 1 is 1.67 bits per heavy atom. The Morgan fingerprint density at radius 3 is 2.56 bits per heavy atom. The van der Waals surface area contributed by atoms with Crippen molar-refractivity contribution < 1.29 is 8.78 Å². The fourth-order valence-electron chi connectivity index (χ4n) is 0.263. The van der Waals surface area contributed by atoms with E-state index in [-0.39, 0.29) is 0 Å². The lowest BCUT2D eigenvalue weighted by Crippen LogP contribution is -2.06. The van der Waals surface area contributed by atoms with Gasteiger partial charge in [-0.25, -0.2) is 0 Å². The molecule has 0 rings (SSSR count). The molecule has 0 radical (unpaired) electrons. The molecule has 0 atom stereocenters. The van der Waals surface area contributed by atoms with E-state index in [1.165, 1.54) is 0 Å². The van der Waals surface area contributed by atoms with E-state index in [4.69, 9.17) is 5.26 Å². The van der Waals surface area contributed by atoms with Crippen LogP contribution in [0.5, 0.6) is 0 Å². The van der Waals surface area contributed by atoms with E-state index in [0.717, 1.165) is 6.07 Å². The van der Waals surface area contributed by atoms with Crippen molar-refractivity contribution in [1.29, 1.82) is 5.26 Å². The van der Waals surface area contributed by atoms with Gasteiger partial charge in [0.2, 0.25) is 0 Å². The molecule has 4 heteroatoms. The molecule has 0 unspecified atom stereocenters. The summed E-state index contributed by atoms with van der Waals surface area (Å²) in [5, 5.41) is 4.62. The topological polar surface area (TPSA) is 23.8 Å². The zero-order valence-electron chi connectivity index (χ0n) is 5.03. The maximum atomic E-state index is 11.9. The van der Waals surface area contributed by atoms with Crippen LogP contribution in [-0.2, 0) is 0 Å². The van der Waals surface area contributed by atoms with Crippen molar-refractivity contribution in [1.82, 2.24) is 0 Å². The molecule has 9 heavy (non-hydrogen) atoms. The molecule has 0 bridgehead atoms. The van der Waals surface area contributed by atoms with Gasteiger partial charge in [-0.1, -0.05) is 18.7 Å². The van der Waals surface area contributed by atoms with Crippen LogP contribution in [0.25, 0.3) is 0 Å². The molecule has 0 N–H and O–H groups in total. The van der Waals surface area contributed by atoms with Gasteiger partial charge in [-0.3, -0.25) is 0 Å². The lowest BCUT2D eigenvalue weighted by atomic mass is 10.6. The molecule has 0 spiro atoms. The molecular weight excluding hydrogens is 144 g/mol. The number of alkyl halides is 2. The first-order valence-corrected chi connectivity index (χ1v) is 3.54. The van der Waals surface area contributed by atoms with Crippen LogP contribution >= 0.6 is 11.8 Å². The molecule has 0 aromatic carbocycles. The Bertz CT molecular complexity index is 119. The molecule has 0 saturated heterocycles. The third-order valence-electron chi connectivity index (χ3n) is 0.618. The number of hydrogen-bond acceptors (Lipinski definition) is 2. The highest BCUT2D eigenvalue weighted by Gasteiger charge is 2.27. The number of halogens is 2. The van der Waals surface area contributed by atoms with Crippen molar-refractivity contribution in [3.05, 3.63) is 0 Å². The maximum absolute atomic E-state index is 11.9. The minimum atomic E-state index is -3.18. The zero-order valence-corrected chi connectivity index (χ0v) is 5.84. The second kappa shape index (κ2) is 3.67. The Labute approximate surface area is 57.0 Å². The van der Waals surface area contributed by atoms with E-state index in [1.54, 1.807) is 6.92 Å². The van der Waals surface area contributed by atoms with E-state index in [9.17, 15) is 8.78 Å². The smallest absolute Gasteiger partial charge is 0.191 e. The van der Waals surface area contributed by atoms with Crippen molar-refractivity contribution in [3.8, 4) is 6.07 Å². The number of hydrogen-bond donors (Lipinski definition) is 0. The highest BCUT2D eigenvalue weighted by atomic mass is 32.2. The summed E-state index contributed by atoms with van der Waals surface area (Å²) in [7, 11) is 0. The molecule has 0 aliphatic carbocycles. The van der Waals surface area contributed by atoms with E-state index in [1.807, 2.05) is 0 Å². The van der Waals surface area contributed by atoms with Gasteiger partial charge in [0.15, 0.2) is 6.07 Å². The van der Waals surface area contributed by atoms with Gasteiger partial charge < -0.3 is 0 Å². The lowest BCUT2D eigenvalue weighted by Gasteiger charge is -2.03. The third-order valence-corrected chi connectivity index (χ3v) is 1.68. The van der Waals surface area contributed by atoms with Gasteiger partial charge in [-0.15, -0.1) is 0 Å². The van der Waals surface area contributed by atoms with Crippen LogP contribution in [0.3, 0.4) is 0 Å². The molecule has 52 valence electrons. The summed E-state index contributed by atoms with van der Waals surface area (Å²) >= 11 is 0.384. The van der Waals surface area contributed by atoms with Gasteiger partial charge in [0.1, 0.15) is 0 Å². The standard InChI is InChI=1S/C5H7F2NS/c1-2-3-9-5(6,7)4-8/h2-3H2,1H3. The quantitative estimate of drug-likeness (QED) is 0.617. The van der Waals surface area contributed by atoms with Crippen LogP contribution < -0.4 is 0 Å². The van der Waals surface area contributed by atoms with Crippen LogP contribution in [0.4, 0.5) is 8.78 Å². The molecule has 0 aromatic heterocycles. The van der Waals surface area contributed by atoms with Crippen LogP contribution in [0.2, 0.25) is 0 Å². The molecule has 0 aliphatic rings. The second-order valence-electron chi connectivity index (χ2n) is 1.48. The summed E-state index contributed by atoms with van der Waals surface area (Å²) in [4.78, 5) is 0. The molecule has 1 nitrogen and oxygen atoms in total. The van der Waals surface area contributed by atoms with Gasteiger partial charge >= 0.3 is 5.25 Å². The maximum Gasteiger partial charge on any atom is 0.380 e. The van der Waals surface area contributed by atoms with E-state index in [2.05, 4.69) is 0 Å². The minimum Gasteiger partial charge on any atom is -0.191 e. The fourth-order valence-corrected chi connectivity index (χ4v) is 0.788. The van der Waals surface area contributed by atoms with Crippen LogP contribution in [0.1, 0.15) is 13.3 Å². The lowest BCUT2D eigenvalue weighted by molar-refractivity contribution is 0.171. The molecule has 0 saturated carbocycles. The van der Waals surface area contributed by atoms with Crippen LogP contribution in [0.15, 0.2) is 0 Å². The monoisotopic (exact) mass is 151 g/mol. The summed E-state index contributed by atoms with van der Waals surface area (Å²) < 4.78 is 23.9. The summed E-state index contributed by atoms with van der Waals surface area (Å²) in [6.45, 7) is 1.79. The first kappa shape index (κ1) is 8.70. The van der Waals surface area contributed by atoms with Crippen LogP contribution in [0, 0.1) is 11.3 Å². The first-order valence-electron chi connectivity index (χ1n) is 2.55. The summed E-state index contributed by atoms with van der Waals surface area (Å²) in [6, 6.07) is 0.906. The highest BCUT2D eigenvalue weighted by Crippen LogP contribution is 2.27. The fraction of sp³-hybridized carbons (Fsp3) is 0.800. The first-order chi connectivity index (χ1) is 4.12. The van der Waals surface area contributed by atoms with Crippen molar-refractivity contribution in [2.75, 3.05) is 5.75 Å². The van der Waals surface area contributed by atoms with Crippen molar-refractivity contribution in [3.63, 3.8) is 0 Å². The van der Waals surface area contributed by atoms with Crippen molar-refractivity contribution in [2.45, 2.75) is 18.6 Å². The number of rotatable bonds is 3. The summed E-state index contributed by atoms with van der Waals surface area (Å²) in [5.74, 6) is 0.334. The van der Waals surface area contributed by atoms with E-state index >= 15 is 0 Å². The van der Waals surface area contributed by atoms with Gasteiger partial charge in [0.05, 0.1) is 0 Å². The molecular formula is C5H7F2NS. The van der Waals surface area contributed by atoms with E-state index < -0.39 is 5.25 Å². The molecule has 0 fully saturated rings. The third kappa shape index (κ3) is 4.22. The number of nitriles is 1. The Morgan fingerprint density at radius 2 is 2.22 bits per heavy atom. The van der Waals surface area contributed by atoms with Crippen LogP contribution in [-0.4, -0.2) is 11.0 Å². The van der Waals surface area contributed by atoms with Gasteiger partial charge in [0, 0.05) is 0 Å². The van der Waals surface area contributed by atoms with Crippen molar-refractivity contribution >= 4 is 11.8 Å². The van der Waals surface area contributed by atoms with Gasteiger partial charge in [-0.2, -0.15) is 14.0 Å². The predicted molar refractivity (Wildman–Crippen MR) is 33.3 cm³/mol. The normalized spacial score (nSPS) is 10.9.